The minimum Gasteiger partial charge on any atom is -0.368 e. The first-order valence-corrected chi connectivity index (χ1v) is 7.29. The number of carbonyl (C=O) groups excluding carboxylic acids is 1. The van der Waals surface area contributed by atoms with Crippen LogP contribution in [0.2, 0.25) is 0 Å². The molecule has 2 N–H and O–H groups in total. The minimum absolute atomic E-state index is 0.119. The number of nitrogens with zero attached hydrogens (tertiary/aromatic N) is 4. The molecular formula is C16H14F3N5O. The summed E-state index contributed by atoms with van der Waals surface area (Å²) in [4.78, 5) is 19.5. The van der Waals surface area contributed by atoms with Crippen LogP contribution in [0.4, 0.5) is 13.2 Å². The molecule has 3 rings (SSSR count). The molecule has 3 heterocycles. The first kappa shape index (κ1) is 16.9. The molecule has 3 aromatic heterocycles. The van der Waals surface area contributed by atoms with E-state index in [1.54, 1.807) is 19.9 Å². The fourth-order valence-electron chi connectivity index (χ4n) is 2.35. The third-order valence-electron chi connectivity index (χ3n) is 3.89. The fraction of sp³-hybridized carbons (Fsp3) is 0.250. The molecule has 0 saturated heterocycles. The molecule has 130 valence electrons. The van der Waals surface area contributed by atoms with E-state index in [2.05, 4.69) is 15.1 Å². The molecule has 0 aliphatic carbocycles. The molecule has 3 aromatic rings. The lowest BCUT2D eigenvalue weighted by Crippen LogP contribution is -2.41. The van der Waals surface area contributed by atoms with Crippen molar-refractivity contribution in [2.24, 2.45) is 5.73 Å². The average Bonchev–Trinajstić information content (AvgIpc) is 2.97. The van der Waals surface area contributed by atoms with Crippen LogP contribution < -0.4 is 5.73 Å². The molecule has 0 aliphatic heterocycles. The normalized spacial score (nSPS) is 12.5. The Labute approximate surface area is 140 Å². The molecule has 0 spiro atoms. The van der Waals surface area contributed by atoms with Crippen molar-refractivity contribution in [1.29, 1.82) is 0 Å². The molecule has 0 unspecified atom stereocenters. The van der Waals surface area contributed by atoms with Gasteiger partial charge in [-0.1, -0.05) is 6.07 Å². The summed E-state index contributed by atoms with van der Waals surface area (Å²) in [7, 11) is 0. The van der Waals surface area contributed by atoms with Crippen LogP contribution in [0.25, 0.3) is 22.3 Å². The van der Waals surface area contributed by atoms with Gasteiger partial charge < -0.3 is 5.73 Å². The highest BCUT2D eigenvalue weighted by Gasteiger charge is 2.33. The van der Waals surface area contributed by atoms with Crippen LogP contribution in [-0.2, 0) is 16.5 Å². The molecule has 25 heavy (non-hydrogen) atoms. The third-order valence-corrected chi connectivity index (χ3v) is 3.89. The summed E-state index contributed by atoms with van der Waals surface area (Å²) < 4.78 is 40.0. The van der Waals surface area contributed by atoms with Crippen molar-refractivity contribution in [3.63, 3.8) is 0 Å². The number of fused-ring (bicyclic) bond motifs is 1. The summed E-state index contributed by atoms with van der Waals surface area (Å²) in [6.07, 6.45) is -1.67. The lowest BCUT2D eigenvalue weighted by molar-refractivity contribution is -0.141. The number of halogens is 3. The maximum atomic E-state index is 12.9. The summed E-state index contributed by atoms with van der Waals surface area (Å²) in [5, 5.41) is 4.13. The monoisotopic (exact) mass is 349 g/mol. The number of rotatable bonds is 3. The molecule has 0 aliphatic rings. The molecule has 0 fully saturated rings. The Kier molecular flexibility index (Phi) is 3.74. The number of nitrogens with two attached hydrogens (primary N) is 1. The first-order chi connectivity index (χ1) is 11.6. The minimum atomic E-state index is -4.54. The average molecular weight is 349 g/mol. The Hall–Kier alpha value is -2.97. The second-order valence-electron chi connectivity index (χ2n) is 6.01. The predicted octanol–water partition coefficient (Wildman–Crippen LogP) is 2.73. The second kappa shape index (κ2) is 5.54. The van der Waals surface area contributed by atoms with Gasteiger partial charge in [0.15, 0.2) is 0 Å². The van der Waals surface area contributed by atoms with E-state index >= 15 is 0 Å². The standard InChI is InChI=1S/C16H14F3N5O/c1-15(2,14(20)25)24-12-6-9(7-21-11(12)8-22-24)10-4-3-5-13(23-10)16(17,18)19/h3-8H,1-2H3,(H2,20,25). The zero-order valence-electron chi connectivity index (χ0n) is 13.4. The maximum Gasteiger partial charge on any atom is 0.433 e. The van der Waals surface area contributed by atoms with Gasteiger partial charge in [0.05, 0.1) is 17.4 Å². The van der Waals surface area contributed by atoms with Gasteiger partial charge in [0.1, 0.15) is 16.7 Å². The highest BCUT2D eigenvalue weighted by molar-refractivity contribution is 5.86. The van der Waals surface area contributed by atoms with Gasteiger partial charge in [-0.3, -0.25) is 9.78 Å². The molecule has 0 bridgehead atoms. The van der Waals surface area contributed by atoms with Gasteiger partial charge in [-0.15, -0.1) is 0 Å². The predicted molar refractivity (Wildman–Crippen MR) is 84.3 cm³/mol. The van der Waals surface area contributed by atoms with Gasteiger partial charge >= 0.3 is 6.18 Å². The van der Waals surface area contributed by atoms with E-state index < -0.39 is 23.3 Å². The third kappa shape index (κ3) is 2.92. The Bertz CT molecular complexity index is 962. The molecule has 0 saturated carbocycles. The van der Waals surface area contributed by atoms with Gasteiger partial charge in [0, 0.05) is 11.8 Å². The lowest BCUT2D eigenvalue weighted by Gasteiger charge is -2.22. The molecule has 0 aromatic carbocycles. The smallest absolute Gasteiger partial charge is 0.368 e. The Morgan fingerprint density at radius 3 is 2.56 bits per heavy atom. The number of alkyl halides is 3. The molecule has 9 heteroatoms. The van der Waals surface area contributed by atoms with Gasteiger partial charge in [0.2, 0.25) is 5.91 Å². The van der Waals surface area contributed by atoms with E-state index in [9.17, 15) is 18.0 Å². The summed E-state index contributed by atoms with van der Waals surface area (Å²) in [6.45, 7) is 3.19. The Morgan fingerprint density at radius 1 is 1.20 bits per heavy atom. The molecule has 1 amide bonds. The maximum absolute atomic E-state index is 12.9. The first-order valence-electron chi connectivity index (χ1n) is 7.29. The Balaban J connectivity index is 2.15. The summed E-state index contributed by atoms with van der Waals surface area (Å²) in [5.41, 5.74) is 4.76. The number of hydrogen-bond acceptors (Lipinski definition) is 4. The van der Waals surface area contributed by atoms with Crippen LogP contribution in [-0.4, -0.2) is 25.7 Å². The highest BCUT2D eigenvalue weighted by atomic mass is 19.4. The number of aromatic nitrogens is 4. The number of primary amides is 1. The molecular weight excluding hydrogens is 335 g/mol. The van der Waals surface area contributed by atoms with E-state index in [-0.39, 0.29) is 5.69 Å². The molecule has 0 atom stereocenters. The van der Waals surface area contributed by atoms with Crippen molar-refractivity contribution in [2.75, 3.05) is 0 Å². The highest BCUT2D eigenvalue weighted by Crippen LogP contribution is 2.30. The largest absolute Gasteiger partial charge is 0.433 e. The van der Waals surface area contributed by atoms with Crippen LogP contribution in [0.1, 0.15) is 19.5 Å². The van der Waals surface area contributed by atoms with Crippen molar-refractivity contribution >= 4 is 16.9 Å². The van der Waals surface area contributed by atoms with Gasteiger partial charge in [-0.2, -0.15) is 18.3 Å². The number of amides is 1. The zero-order valence-corrected chi connectivity index (χ0v) is 13.4. The number of carbonyl (C=O) groups is 1. The van der Waals surface area contributed by atoms with E-state index in [0.29, 0.717) is 16.6 Å². The van der Waals surface area contributed by atoms with Crippen LogP contribution >= 0.6 is 0 Å². The summed E-state index contributed by atoms with van der Waals surface area (Å²) >= 11 is 0. The van der Waals surface area contributed by atoms with E-state index in [1.165, 1.54) is 29.2 Å². The van der Waals surface area contributed by atoms with E-state index in [0.717, 1.165) is 6.07 Å². The van der Waals surface area contributed by atoms with Gasteiger partial charge in [-0.05, 0) is 32.0 Å². The van der Waals surface area contributed by atoms with Crippen molar-refractivity contribution in [3.8, 4) is 11.3 Å². The van der Waals surface area contributed by atoms with Crippen LogP contribution in [0.5, 0.6) is 0 Å². The van der Waals surface area contributed by atoms with Crippen molar-refractivity contribution in [1.82, 2.24) is 19.7 Å². The van der Waals surface area contributed by atoms with Crippen LogP contribution in [0.3, 0.4) is 0 Å². The van der Waals surface area contributed by atoms with Crippen molar-refractivity contribution in [2.45, 2.75) is 25.6 Å². The van der Waals surface area contributed by atoms with Crippen LogP contribution in [0.15, 0.2) is 36.7 Å². The SMILES string of the molecule is CC(C)(C(N)=O)n1ncc2ncc(-c3cccc(C(F)(F)F)n3)cc21. The summed E-state index contributed by atoms with van der Waals surface area (Å²) in [6, 6.07) is 5.22. The lowest BCUT2D eigenvalue weighted by atomic mass is 10.1. The summed E-state index contributed by atoms with van der Waals surface area (Å²) in [5.74, 6) is -0.597. The number of pyridine rings is 2. The van der Waals surface area contributed by atoms with Crippen molar-refractivity contribution < 1.29 is 18.0 Å². The Morgan fingerprint density at radius 2 is 1.92 bits per heavy atom. The van der Waals surface area contributed by atoms with Crippen molar-refractivity contribution in [3.05, 3.63) is 42.4 Å². The van der Waals surface area contributed by atoms with E-state index in [1.807, 2.05) is 0 Å². The number of hydrogen-bond donors (Lipinski definition) is 1. The zero-order chi connectivity index (χ0) is 18.4. The van der Waals surface area contributed by atoms with Gasteiger partial charge in [0.25, 0.3) is 0 Å². The molecule has 6 nitrogen and oxygen atoms in total. The topological polar surface area (TPSA) is 86.7 Å². The van der Waals surface area contributed by atoms with E-state index in [4.69, 9.17) is 5.73 Å². The fourth-order valence-corrected chi connectivity index (χ4v) is 2.35. The second-order valence-corrected chi connectivity index (χ2v) is 6.01. The van der Waals surface area contributed by atoms with Crippen LogP contribution in [0, 0.1) is 0 Å². The molecule has 0 radical (unpaired) electrons. The van der Waals surface area contributed by atoms with Gasteiger partial charge in [-0.25, -0.2) is 9.67 Å². The quantitative estimate of drug-likeness (QED) is 0.788.